The number of nitrogens with two attached hydrogens (primary N) is 1. The van der Waals surface area contributed by atoms with E-state index in [9.17, 15) is 0 Å². The molecule has 0 aliphatic rings. The van der Waals surface area contributed by atoms with Crippen LogP contribution in [0.25, 0.3) is 0 Å². The molecule has 0 saturated heterocycles. The Bertz CT molecular complexity index is 140. The first kappa shape index (κ1) is 14.9. The summed E-state index contributed by atoms with van der Waals surface area (Å²) in [5.74, 6) is 0. The maximum atomic E-state index is 6.09. The van der Waals surface area contributed by atoms with E-state index in [4.69, 9.17) is 10.5 Å². The number of methoxy groups -OCH3 is 1. The molecule has 15 heavy (non-hydrogen) atoms. The molecular weight excluding hydrogens is 188 g/mol. The van der Waals surface area contributed by atoms with Gasteiger partial charge in [0.2, 0.25) is 0 Å². The van der Waals surface area contributed by atoms with Crippen molar-refractivity contribution in [1.82, 2.24) is 4.90 Å². The summed E-state index contributed by atoms with van der Waals surface area (Å²) in [5, 5.41) is 0. The van der Waals surface area contributed by atoms with Gasteiger partial charge in [0.15, 0.2) is 0 Å². The molecule has 0 aromatic carbocycles. The van der Waals surface area contributed by atoms with Gasteiger partial charge in [0.25, 0.3) is 0 Å². The fourth-order valence-electron chi connectivity index (χ4n) is 1.63. The van der Waals surface area contributed by atoms with Crippen molar-refractivity contribution in [3.8, 4) is 0 Å². The van der Waals surface area contributed by atoms with E-state index in [1.54, 1.807) is 7.11 Å². The van der Waals surface area contributed by atoms with Crippen molar-refractivity contribution in [3.05, 3.63) is 0 Å². The van der Waals surface area contributed by atoms with Crippen molar-refractivity contribution >= 4 is 0 Å². The van der Waals surface area contributed by atoms with Crippen molar-refractivity contribution in [2.75, 3.05) is 26.8 Å². The van der Waals surface area contributed by atoms with Gasteiger partial charge in [-0.05, 0) is 20.3 Å². The standard InChI is InChI=1S/C12H28N2O/c1-5-6-7-12(13)10-14(11(2)3)8-9-15-4/h11-12H,5-10,13H2,1-4H3. The predicted octanol–water partition coefficient (Wildman–Crippen LogP) is 1.86. The fraction of sp³-hybridized carbons (Fsp3) is 1.00. The lowest BCUT2D eigenvalue weighted by atomic mass is 10.1. The minimum atomic E-state index is 0.309. The largest absolute Gasteiger partial charge is 0.383 e. The topological polar surface area (TPSA) is 38.5 Å². The zero-order chi connectivity index (χ0) is 11.7. The molecule has 0 radical (unpaired) electrons. The zero-order valence-corrected chi connectivity index (χ0v) is 10.8. The summed E-state index contributed by atoms with van der Waals surface area (Å²) in [6.07, 6.45) is 3.59. The Balaban J connectivity index is 3.81. The van der Waals surface area contributed by atoms with Gasteiger partial charge in [0.05, 0.1) is 6.61 Å². The second-order valence-electron chi connectivity index (χ2n) is 4.48. The molecule has 0 aromatic rings. The van der Waals surface area contributed by atoms with Crippen LogP contribution in [-0.4, -0.2) is 43.8 Å². The molecule has 0 bridgehead atoms. The van der Waals surface area contributed by atoms with E-state index >= 15 is 0 Å². The SMILES string of the molecule is CCCCC(N)CN(CCOC)C(C)C. The Hall–Kier alpha value is -0.120. The molecule has 0 amide bonds. The molecular formula is C12H28N2O. The lowest BCUT2D eigenvalue weighted by Crippen LogP contribution is -2.42. The van der Waals surface area contributed by atoms with Crippen LogP contribution in [0.1, 0.15) is 40.0 Å². The van der Waals surface area contributed by atoms with Gasteiger partial charge >= 0.3 is 0 Å². The molecule has 0 spiro atoms. The highest BCUT2D eigenvalue weighted by molar-refractivity contribution is 4.71. The molecule has 92 valence electrons. The molecule has 3 nitrogen and oxygen atoms in total. The van der Waals surface area contributed by atoms with Crippen LogP contribution in [0.3, 0.4) is 0 Å². The van der Waals surface area contributed by atoms with Gasteiger partial charge in [-0.1, -0.05) is 19.8 Å². The summed E-state index contributed by atoms with van der Waals surface area (Å²) in [6.45, 7) is 9.38. The van der Waals surface area contributed by atoms with Crippen LogP contribution in [-0.2, 0) is 4.74 Å². The van der Waals surface area contributed by atoms with Crippen molar-refractivity contribution in [1.29, 1.82) is 0 Å². The van der Waals surface area contributed by atoms with Gasteiger partial charge in [0, 0.05) is 32.3 Å². The molecule has 1 unspecified atom stereocenters. The molecule has 0 rings (SSSR count). The van der Waals surface area contributed by atoms with Gasteiger partial charge in [-0.2, -0.15) is 0 Å². The Morgan fingerprint density at radius 2 is 2.00 bits per heavy atom. The van der Waals surface area contributed by atoms with Crippen molar-refractivity contribution in [3.63, 3.8) is 0 Å². The zero-order valence-electron chi connectivity index (χ0n) is 10.8. The van der Waals surface area contributed by atoms with E-state index in [1.165, 1.54) is 12.8 Å². The predicted molar refractivity (Wildman–Crippen MR) is 66.1 cm³/mol. The monoisotopic (exact) mass is 216 g/mol. The normalized spacial score (nSPS) is 13.8. The number of hydrogen-bond donors (Lipinski definition) is 1. The summed E-state index contributed by atoms with van der Waals surface area (Å²) < 4.78 is 5.10. The molecule has 0 fully saturated rings. The Morgan fingerprint density at radius 1 is 1.33 bits per heavy atom. The van der Waals surface area contributed by atoms with Crippen LogP contribution >= 0.6 is 0 Å². The quantitative estimate of drug-likeness (QED) is 0.639. The third-order valence-corrected chi connectivity index (χ3v) is 2.71. The van der Waals surface area contributed by atoms with E-state index in [-0.39, 0.29) is 0 Å². The highest BCUT2D eigenvalue weighted by Gasteiger charge is 2.12. The van der Waals surface area contributed by atoms with Crippen molar-refractivity contribution in [2.45, 2.75) is 52.1 Å². The molecule has 0 heterocycles. The van der Waals surface area contributed by atoms with E-state index in [2.05, 4.69) is 25.7 Å². The van der Waals surface area contributed by atoms with Gasteiger partial charge in [-0.25, -0.2) is 0 Å². The average molecular weight is 216 g/mol. The summed E-state index contributed by atoms with van der Waals surface area (Å²) in [4.78, 5) is 2.39. The summed E-state index contributed by atoms with van der Waals surface area (Å²) in [7, 11) is 1.75. The minimum Gasteiger partial charge on any atom is -0.383 e. The van der Waals surface area contributed by atoms with E-state index in [1.807, 2.05) is 0 Å². The highest BCUT2D eigenvalue weighted by Crippen LogP contribution is 2.04. The van der Waals surface area contributed by atoms with Crippen LogP contribution in [0.5, 0.6) is 0 Å². The van der Waals surface area contributed by atoms with Gasteiger partial charge < -0.3 is 10.5 Å². The first-order chi connectivity index (χ1) is 7.11. The Kier molecular flexibility index (Phi) is 9.06. The van der Waals surface area contributed by atoms with E-state index < -0.39 is 0 Å². The molecule has 1 atom stereocenters. The number of hydrogen-bond acceptors (Lipinski definition) is 3. The second-order valence-corrected chi connectivity index (χ2v) is 4.48. The molecule has 3 heteroatoms. The summed E-state index contributed by atoms with van der Waals surface area (Å²) >= 11 is 0. The van der Waals surface area contributed by atoms with Crippen molar-refractivity contribution in [2.24, 2.45) is 5.73 Å². The van der Waals surface area contributed by atoms with Crippen LogP contribution in [0.2, 0.25) is 0 Å². The fourth-order valence-corrected chi connectivity index (χ4v) is 1.63. The number of rotatable bonds is 9. The van der Waals surface area contributed by atoms with E-state index in [0.29, 0.717) is 12.1 Å². The molecule has 0 aromatic heterocycles. The molecule has 0 saturated carbocycles. The summed E-state index contributed by atoms with van der Waals surface area (Å²) in [6, 6.07) is 0.858. The smallest absolute Gasteiger partial charge is 0.0589 e. The van der Waals surface area contributed by atoms with Crippen LogP contribution in [0.15, 0.2) is 0 Å². The Morgan fingerprint density at radius 3 is 2.47 bits per heavy atom. The maximum absolute atomic E-state index is 6.09. The van der Waals surface area contributed by atoms with Crippen LogP contribution in [0, 0.1) is 0 Å². The first-order valence-corrected chi connectivity index (χ1v) is 6.10. The highest BCUT2D eigenvalue weighted by atomic mass is 16.5. The number of unbranched alkanes of at least 4 members (excludes halogenated alkanes) is 1. The third kappa shape index (κ3) is 7.77. The van der Waals surface area contributed by atoms with Crippen molar-refractivity contribution < 1.29 is 4.74 Å². The van der Waals surface area contributed by atoms with Crippen LogP contribution < -0.4 is 5.73 Å². The van der Waals surface area contributed by atoms with Gasteiger partial charge in [-0.15, -0.1) is 0 Å². The average Bonchev–Trinajstić information content (AvgIpc) is 2.20. The van der Waals surface area contributed by atoms with Crippen LogP contribution in [0.4, 0.5) is 0 Å². The third-order valence-electron chi connectivity index (χ3n) is 2.71. The summed E-state index contributed by atoms with van der Waals surface area (Å²) in [5.41, 5.74) is 6.09. The number of ether oxygens (including phenoxy) is 1. The maximum Gasteiger partial charge on any atom is 0.0589 e. The molecule has 0 aliphatic heterocycles. The van der Waals surface area contributed by atoms with Gasteiger partial charge in [-0.3, -0.25) is 4.90 Å². The van der Waals surface area contributed by atoms with E-state index in [0.717, 1.165) is 26.1 Å². The first-order valence-electron chi connectivity index (χ1n) is 6.10. The minimum absolute atomic E-state index is 0.309. The lowest BCUT2D eigenvalue weighted by molar-refractivity contribution is 0.124. The Labute approximate surface area is 95.0 Å². The number of nitrogens with zero attached hydrogens (tertiary/aromatic N) is 1. The van der Waals surface area contributed by atoms with Gasteiger partial charge in [0.1, 0.15) is 0 Å². The molecule has 0 aliphatic carbocycles. The molecule has 2 N–H and O–H groups in total. The second kappa shape index (κ2) is 9.13. The lowest BCUT2D eigenvalue weighted by Gasteiger charge is -2.28.